The van der Waals surface area contributed by atoms with Gasteiger partial charge in [0.2, 0.25) is 0 Å². The van der Waals surface area contributed by atoms with Crippen LogP contribution in [-0.4, -0.2) is 17.2 Å². The molecule has 0 bridgehead atoms. The fourth-order valence-electron chi connectivity index (χ4n) is 1.47. The Morgan fingerprint density at radius 3 is 2.73 bits per heavy atom. The summed E-state index contributed by atoms with van der Waals surface area (Å²) in [5, 5.41) is 9.15. The van der Waals surface area contributed by atoms with Gasteiger partial charge in [-0.05, 0) is 24.6 Å². The number of hydrogen-bond acceptors (Lipinski definition) is 1. The van der Waals surface area contributed by atoms with E-state index in [-0.39, 0.29) is 6.42 Å². The van der Waals surface area contributed by atoms with Gasteiger partial charge in [0.25, 0.3) is 0 Å². The highest BCUT2D eigenvalue weighted by Crippen LogP contribution is 2.27. The molecule has 1 N–H and O–H groups in total. The number of rotatable bonds is 4. The summed E-state index contributed by atoms with van der Waals surface area (Å²) >= 11 is 5.76. The zero-order valence-electron chi connectivity index (χ0n) is 8.28. The van der Waals surface area contributed by atoms with Gasteiger partial charge in [-0.15, -0.1) is 0 Å². The second-order valence-electron chi connectivity index (χ2n) is 3.44. The summed E-state index contributed by atoms with van der Waals surface area (Å²) in [5.74, 6) is -1.65. The quantitative estimate of drug-likeness (QED) is 0.862. The first-order chi connectivity index (χ1) is 7.00. The lowest BCUT2D eigenvalue weighted by Crippen LogP contribution is -2.15. The normalized spacial score (nSPS) is 14.6. The van der Waals surface area contributed by atoms with Gasteiger partial charge in [0.1, 0.15) is 6.17 Å². The van der Waals surface area contributed by atoms with E-state index >= 15 is 0 Å². The largest absolute Gasteiger partial charge is 0.481 e. The lowest BCUT2D eigenvalue weighted by molar-refractivity contribution is -0.137. The van der Waals surface area contributed by atoms with Crippen LogP contribution in [0.15, 0.2) is 24.3 Å². The second kappa shape index (κ2) is 5.12. The fourth-order valence-corrected chi connectivity index (χ4v) is 1.67. The van der Waals surface area contributed by atoms with Crippen LogP contribution in [0.5, 0.6) is 0 Å². The molecular weight excluding hydrogens is 219 g/mol. The molecule has 4 heteroatoms. The van der Waals surface area contributed by atoms with E-state index in [4.69, 9.17) is 16.7 Å². The van der Waals surface area contributed by atoms with E-state index in [1.165, 1.54) is 6.92 Å². The molecule has 0 aromatic heterocycles. The minimum absolute atomic E-state index is 0.224. The van der Waals surface area contributed by atoms with Gasteiger partial charge >= 0.3 is 5.97 Å². The molecule has 2 unspecified atom stereocenters. The van der Waals surface area contributed by atoms with Crippen LogP contribution in [0, 0.1) is 0 Å². The van der Waals surface area contributed by atoms with Crippen LogP contribution in [-0.2, 0) is 4.79 Å². The second-order valence-corrected chi connectivity index (χ2v) is 3.87. The average molecular weight is 231 g/mol. The van der Waals surface area contributed by atoms with Gasteiger partial charge in [-0.2, -0.15) is 0 Å². The van der Waals surface area contributed by atoms with Crippen LogP contribution in [0.25, 0.3) is 0 Å². The molecule has 2 nitrogen and oxygen atoms in total. The van der Waals surface area contributed by atoms with E-state index < -0.39 is 18.1 Å². The van der Waals surface area contributed by atoms with E-state index in [2.05, 4.69) is 0 Å². The number of hydrogen-bond donors (Lipinski definition) is 1. The summed E-state index contributed by atoms with van der Waals surface area (Å²) in [7, 11) is 0. The highest BCUT2D eigenvalue weighted by molar-refractivity contribution is 6.30. The molecule has 0 aliphatic carbocycles. The third-order valence-corrected chi connectivity index (χ3v) is 2.46. The molecule has 0 radical (unpaired) electrons. The van der Waals surface area contributed by atoms with Crippen molar-refractivity contribution in [1.29, 1.82) is 0 Å². The first kappa shape index (κ1) is 12.0. The topological polar surface area (TPSA) is 37.3 Å². The standard InChI is InChI=1S/C11H12ClFO2/c1-7(13)10(6-11(14)15)8-3-2-4-9(12)5-8/h2-5,7,10H,6H2,1H3,(H,14,15). The summed E-state index contributed by atoms with van der Waals surface area (Å²) in [6, 6.07) is 6.65. The number of aliphatic carboxylic acids is 1. The molecule has 0 aliphatic heterocycles. The van der Waals surface area contributed by atoms with Crippen LogP contribution in [0.2, 0.25) is 5.02 Å². The predicted molar refractivity (Wildman–Crippen MR) is 57.0 cm³/mol. The third kappa shape index (κ3) is 3.51. The number of carbonyl (C=O) groups is 1. The van der Waals surface area contributed by atoms with E-state index in [1.54, 1.807) is 24.3 Å². The monoisotopic (exact) mass is 230 g/mol. The molecule has 0 saturated heterocycles. The van der Waals surface area contributed by atoms with Crippen molar-refractivity contribution in [2.24, 2.45) is 0 Å². The van der Waals surface area contributed by atoms with Gasteiger partial charge in [-0.3, -0.25) is 4.79 Å². The van der Waals surface area contributed by atoms with Gasteiger partial charge in [-0.25, -0.2) is 4.39 Å². The van der Waals surface area contributed by atoms with Crippen molar-refractivity contribution in [2.45, 2.75) is 25.4 Å². The summed E-state index contributed by atoms with van der Waals surface area (Å²) in [6.07, 6.45) is -1.43. The molecule has 82 valence electrons. The van der Waals surface area contributed by atoms with Crippen LogP contribution in [0.4, 0.5) is 4.39 Å². The van der Waals surface area contributed by atoms with Crippen molar-refractivity contribution >= 4 is 17.6 Å². The van der Waals surface area contributed by atoms with Gasteiger partial charge in [-0.1, -0.05) is 23.7 Å². The van der Waals surface area contributed by atoms with Crippen molar-refractivity contribution in [3.8, 4) is 0 Å². The Kier molecular flexibility index (Phi) is 4.09. The van der Waals surface area contributed by atoms with Crippen LogP contribution in [0.1, 0.15) is 24.8 Å². The first-order valence-corrected chi connectivity index (χ1v) is 5.00. The van der Waals surface area contributed by atoms with Crippen LogP contribution >= 0.6 is 11.6 Å². The maximum Gasteiger partial charge on any atom is 0.304 e. The van der Waals surface area contributed by atoms with E-state index in [0.717, 1.165) is 0 Å². The predicted octanol–water partition coefficient (Wildman–Crippen LogP) is 3.26. The fraction of sp³-hybridized carbons (Fsp3) is 0.364. The number of carboxylic acids is 1. The van der Waals surface area contributed by atoms with Crippen LogP contribution in [0.3, 0.4) is 0 Å². The SMILES string of the molecule is CC(F)C(CC(=O)O)c1cccc(Cl)c1. The Balaban J connectivity index is 2.93. The highest BCUT2D eigenvalue weighted by Gasteiger charge is 2.22. The Morgan fingerprint density at radius 2 is 2.27 bits per heavy atom. The lowest BCUT2D eigenvalue weighted by Gasteiger charge is -2.16. The molecule has 0 fully saturated rings. The Morgan fingerprint density at radius 1 is 1.60 bits per heavy atom. The van der Waals surface area contributed by atoms with Crippen molar-refractivity contribution < 1.29 is 14.3 Å². The van der Waals surface area contributed by atoms with Crippen molar-refractivity contribution in [3.63, 3.8) is 0 Å². The molecule has 0 amide bonds. The van der Waals surface area contributed by atoms with Gasteiger partial charge in [0, 0.05) is 10.9 Å². The number of carboxylic acid groups (broad SMARTS) is 1. The molecule has 0 saturated carbocycles. The first-order valence-electron chi connectivity index (χ1n) is 4.62. The maximum absolute atomic E-state index is 13.2. The summed E-state index contributed by atoms with van der Waals surface area (Å²) in [6.45, 7) is 1.36. The lowest BCUT2D eigenvalue weighted by atomic mass is 9.92. The highest BCUT2D eigenvalue weighted by atomic mass is 35.5. The number of benzene rings is 1. The van der Waals surface area contributed by atoms with Crippen molar-refractivity contribution in [3.05, 3.63) is 34.9 Å². The molecule has 1 rings (SSSR count). The molecule has 1 aromatic carbocycles. The number of halogens is 2. The molecule has 15 heavy (non-hydrogen) atoms. The van der Waals surface area contributed by atoms with Crippen LogP contribution < -0.4 is 0 Å². The molecule has 0 spiro atoms. The summed E-state index contributed by atoms with van der Waals surface area (Å²) in [4.78, 5) is 10.6. The smallest absolute Gasteiger partial charge is 0.304 e. The third-order valence-electron chi connectivity index (χ3n) is 2.23. The van der Waals surface area contributed by atoms with Crippen molar-refractivity contribution in [2.75, 3.05) is 0 Å². The average Bonchev–Trinajstić information content (AvgIpc) is 2.13. The molecule has 0 heterocycles. The maximum atomic E-state index is 13.2. The number of alkyl halides is 1. The molecule has 2 atom stereocenters. The molecular formula is C11H12ClFO2. The Labute approximate surface area is 92.7 Å². The van der Waals surface area contributed by atoms with E-state index in [9.17, 15) is 9.18 Å². The zero-order valence-corrected chi connectivity index (χ0v) is 9.04. The van der Waals surface area contributed by atoms with E-state index in [1.807, 2.05) is 0 Å². The Bertz CT molecular complexity index is 352. The zero-order chi connectivity index (χ0) is 11.4. The minimum atomic E-state index is -1.21. The summed E-state index contributed by atoms with van der Waals surface area (Å²) < 4.78 is 13.2. The van der Waals surface area contributed by atoms with Gasteiger partial charge < -0.3 is 5.11 Å². The molecule has 0 aliphatic rings. The minimum Gasteiger partial charge on any atom is -0.481 e. The van der Waals surface area contributed by atoms with E-state index in [0.29, 0.717) is 10.6 Å². The Hall–Kier alpha value is -1.09. The van der Waals surface area contributed by atoms with Crippen molar-refractivity contribution in [1.82, 2.24) is 0 Å². The van der Waals surface area contributed by atoms with Gasteiger partial charge in [0.15, 0.2) is 0 Å². The van der Waals surface area contributed by atoms with Gasteiger partial charge in [0.05, 0.1) is 6.42 Å². The molecule has 1 aromatic rings. The summed E-state index contributed by atoms with van der Waals surface area (Å²) in [5.41, 5.74) is 0.625.